The zero-order valence-corrected chi connectivity index (χ0v) is 14.8. The quantitative estimate of drug-likeness (QED) is 0.804. The minimum absolute atomic E-state index is 0.118. The zero-order valence-electron chi connectivity index (χ0n) is 13.9. The molecular formula is C17H24N2O2S. The lowest BCUT2D eigenvalue weighted by atomic mass is 9.86. The highest BCUT2D eigenvalue weighted by atomic mass is 32.1. The van der Waals surface area contributed by atoms with Crippen molar-refractivity contribution in [3.63, 3.8) is 0 Å². The van der Waals surface area contributed by atoms with Gasteiger partial charge in [-0.05, 0) is 23.3 Å². The molecular weight excluding hydrogens is 296 g/mol. The summed E-state index contributed by atoms with van der Waals surface area (Å²) in [5.74, 6) is -1.34. The van der Waals surface area contributed by atoms with Crippen LogP contribution in [0.25, 0.3) is 0 Å². The summed E-state index contributed by atoms with van der Waals surface area (Å²) >= 11 is 1.50. The standard InChI is InChI=1S/C17H24N2O2S/c1-11(2)8-19(9-12(3)16(20)21)15-13(7-18)14(10-22-15)17(4,5)6/h10,12H,1,8-9H2,2-6H3,(H,20,21). The second-order valence-corrected chi connectivity index (χ2v) is 7.63. The number of carboxylic acid groups (broad SMARTS) is 1. The first kappa shape index (κ1) is 18.2. The van der Waals surface area contributed by atoms with Gasteiger partial charge in [-0.2, -0.15) is 5.26 Å². The van der Waals surface area contributed by atoms with Gasteiger partial charge in [-0.1, -0.05) is 39.8 Å². The Kier molecular flexibility index (Phi) is 5.78. The third-order valence-corrected chi connectivity index (χ3v) is 4.39. The Hall–Kier alpha value is -1.80. The van der Waals surface area contributed by atoms with Gasteiger partial charge >= 0.3 is 5.97 Å². The van der Waals surface area contributed by atoms with Gasteiger partial charge in [-0.15, -0.1) is 11.3 Å². The largest absolute Gasteiger partial charge is 0.481 e. The van der Waals surface area contributed by atoms with E-state index in [9.17, 15) is 10.1 Å². The van der Waals surface area contributed by atoms with Crippen LogP contribution in [0.4, 0.5) is 5.00 Å². The third-order valence-electron chi connectivity index (χ3n) is 3.36. The highest BCUT2D eigenvalue weighted by molar-refractivity contribution is 7.14. The van der Waals surface area contributed by atoms with Gasteiger partial charge in [-0.3, -0.25) is 4.79 Å². The maximum atomic E-state index is 11.2. The van der Waals surface area contributed by atoms with E-state index in [4.69, 9.17) is 5.11 Å². The van der Waals surface area contributed by atoms with Crippen molar-refractivity contribution >= 4 is 22.3 Å². The number of nitrogens with zero attached hydrogens (tertiary/aromatic N) is 2. The summed E-state index contributed by atoms with van der Waals surface area (Å²) in [5, 5.41) is 21.6. The molecule has 1 unspecified atom stereocenters. The fraction of sp³-hybridized carbons (Fsp3) is 0.529. The van der Waals surface area contributed by atoms with Gasteiger partial charge < -0.3 is 10.0 Å². The summed E-state index contributed by atoms with van der Waals surface area (Å²) in [6.07, 6.45) is 0. The van der Waals surface area contributed by atoms with Crippen molar-refractivity contribution in [1.29, 1.82) is 5.26 Å². The average Bonchev–Trinajstić information content (AvgIpc) is 2.80. The van der Waals surface area contributed by atoms with Gasteiger partial charge in [0.25, 0.3) is 0 Å². The summed E-state index contributed by atoms with van der Waals surface area (Å²) in [4.78, 5) is 13.1. The second-order valence-electron chi connectivity index (χ2n) is 6.77. The lowest BCUT2D eigenvalue weighted by Gasteiger charge is -2.26. The van der Waals surface area contributed by atoms with Crippen molar-refractivity contribution in [1.82, 2.24) is 0 Å². The first-order valence-electron chi connectivity index (χ1n) is 7.22. The van der Waals surface area contributed by atoms with Crippen LogP contribution < -0.4 is 4.90 Å². The molecule has 0 aliphatic rings. The SMILES string of the molecule is C=C(C)CN(CC(C)C(=O)O)c1scc(C(C)(C)C)c1C#N. The molecule has 22 heavy (non-hydrogen) atoms. The topological polar surface area (TPSA) is 64.3 Å². The maximum Gasteiger partial charge on any atom is 0.308 e. The van der Waals surface area contributed by atoms with E-state index in [0.717, 1.165) is 16.1 Å². The second kappa shape index (κ2) is 6.97. The van der Waals surface area contributed by atoms with Crippen molar-refractivity contribution in [3.8, 4) is 6.07 Å². The Labute approximate surface area is 136 Å². The predicted octanol–water partition coefficient (Wildman–Crippen LogP) is 4.02. The molecule has 1 aromatic rings. The number of anilines is 1. The van der Waals surface area contributed by atoms with Crippen LogP contribution >= 0.6 is 11.3 Å². The zero-order chi connectivity index (χ0) is 17.1. The van der Waals surface area contributed by atoms with Crippen LogP contribution in [0, 0.1) is 17.2 Å². The summed E-state index contributed by atoms with van der Waals surface area (Å²) in [6.45, 7) is 14.6. The van der Waals surface area contributed by atoms with Gasteiger partial charge in [-0.25, -0.2) is 0 Å². The molecule has 0 aromatic carbocycles. The molecule has 5 heteroatoms. The van der Waals surface area contributed by atoms with Crippen LogP contribution in [0.5, 0.6) is 0 Å². The molecule has 0 saturated heterocycles. The van der Waals surface area contributed by atoms with Crippen molar-refractivity contribution in [2.75, 3.05) is 18.0 Å². The lowest BCUT2D eigenvalue weighted by Crippen LogP contribution is -2.33. The fourth-order valence-electron chi connectivity index (χ4n) is 2.19. The summed E-state index contributed by atoms with van der Waals surface area (Å²) in [6, 6.07) is 2.30. The Morgan fingerprint density at radius 1 is 1.55 bits per heavy atom. The molecule has 1 atom stereocenters. The van der Waals surface area contributed by atoms with Crippen LogP contribution in [-0.4, -0.2) is 24.2 Å². The minimum Gasteiger partial charge on any atom is -0.481 e. The van der Waals surface area contributed by atoms with E-state index in [-0.39, 0.29) is 5.41 Å². The molecule has 0 aliphatic carbocycles. The molecule has 1 rings (SSSR count). The molecule has 0 fully saturated rings. The first-order valence-corrected chi connectivity index (χ1v) is 8.10. The summed E-state index contributed by atoms with van der Waals surface area (Å²) in [5.41, 5.74) is 2.47. The molecule has 4 nitrogen and oxygen atoms in total. The summed E-state index contributed by atoms with van der Waals surface area (Å²) in [7, 11) is 0. The molecule has 0 radical (unpaired) electrons. The molecule has 0 aliphatic heterocycles. The van der Waals surface area contributed by atoms with Crippen LogP contribution in [0.1, 0.15) is 45.7 Å². The van der Waals surface area contributed by atoms with Gasteiger partial charge in [0.05, 0.1) is 11.5 Å². The Morgan fingerprint density at radius 3 is 2.55 bits per heavy atom. The van der Waals surface area contributed by atoms with Gasteiger partial charge in [0.2, 0.25) is 0 Å². The van der Waals surface area contributed by atoms with E-state index >= 15 is 0 Å². The number of hydrogen-bond donors (Lipinski definition) is 1. The number of hydrogen-bond acceptors (Lipinski definition) is 4. The number of carbonyl (C=O) groups is 1. The molecule has 1 aromatic heterocycles. The lowest BCUT2D eigenvalue weighted by molar-refractivity contribution is -0.140. The van der Waals surface area contributed by atoms with E-state index in [2.05, 4.69) is 33.4 Å². The molecule has 0 saturated carbocycles. The number of aliphatic carboxylic acids is 1. The molecule has 1 heterocycles. The van der Waals surface area contributed by atoms with Gasteiger partial charge in [0, 0.05) is 13.1 Å². The maximum absolute atomic E-state index is 11.2. The van der Waals surface area contributed by atoms with Crippen molar-refractivity contribution in [3.05, 3.63) is 28.7 Å². The first-order chi connectivity index (χ1) is 10.1. The van der Waals surface area contributed by atoms with E-state index in [1.165, 1.54) is 11.3 Å². The van der Waals surface area contributed by atoms with Crippen LogP contribution in [0.2, 0.25) is 0 Å². The molecule has 0 amide bonds. The van der Waals surface area contributed by atoms with Crippen molar-refractivity contribution in [2.24, 2.45) is 5.92 Å². The van der Waals surface area contributed by atoms with Crippen molar-refractivity contribution in [2.45, 2.75) is 40.0 Å². The summed E-state index contributed by atoms with van der Waals surface area (Å²) < 4.78 is 0. The highest BCUT2D eigenvalue weighted by Crippen LogP contribution is 2.38. The highest BCUT2D eigenvalue weighted by Gasteiger charge is 2.26. The van der Waals surface area contributed by atoms with Crippen LogP contribution in [0.15, 0.2) is 17.5 Å². The predicted molar refractivity (Wildman–Crippen MR) is 91.6 cm³/mol. The number of nitriles is 1. The fourth-order valence-corrected chi connectivity index (χ4v) is 3.46. The molecule has 1 N–H and O–H groups in total. The Balaban J connectivity index is 3.26. The minimum atomic E-state index is -0.835. The van der Waals surface area contributed by atoms with Gasteiger partial charge in [0.1, 0.15) is 11.1 Å². The third kappa shape index (κ3) is 4.35. The average molecular weight is 320 g/mol. The Morgan fingerprint density at radius 2 is 2.14 bits per heavy atom. The van der Waals surface area contributed by atoms with Gasteiger partial charge in [0.15, 0.2) is 0 Å². The normalized spacial score (nSPS) is 12.5. The van der Waals surface area contributed by atoms with Crippen molar-refractivity contribution < 1.29 is 9.90 Å². The van der Waals surface area contributed by atoms with E-state index in [1.54, 1.807) is 6.92 Å². The smallest absolute Gasteiger partial charge is 0.308 e. The number of carboxylic acids is 1. The van der Waals surface area contributed by atoms with E-state index in [1.807, 2.05) is 17.2 Å². The molecule has 0 spiro atoms. The molecule has 0 bridgehead atoms. The number of thiophene rings is 1. The van der Waals surface area contributed by atoms with Crippen LogP contribution in [0.3, 0.4) is 0 Å². The van der Waals surface area contributed by atoms with Crippen LogP contribution in [-0.2, 0) is 10.2 Å². The Bertz CT molecular complexity index is 605. The molecule has 120 valence electrons. The monoisotopic (exact) mass is 320 g/mol. The van der Waals surface area contributed by atoms with E-state index < -0.39 is 11.9 Å². The number of rotatable bonds is 6. The van der Waals surface area contributed by atoms with E-state index in [0.29, 0.717) is 18.7 Å².